The minimum Gasteiger partial charge on any atom is -0.332 e. The summed E-state index contributed by atoms with van der Waals surface area (Å²) in [6.07, 6.45) is 0. The van der Waals surface area contributed by atoms with Crippen molar-refractivity contribution >= 4 is 17.4 Å². The second kappa shape index (κ2) is 10.1. The van der Waals surface area contributed by atoms with Gasteiger partial charge in [0, 0.05) is 14.0 Å². The SMILES string of the molecule is CC(=O)C(=O)N(C)c1cc[c-]cc1.[W+2].[c-]1ccccc1. The van der Waals surface area contributed by atoms with E-state index in [1.807, 2.05) is 30.3 Å². The Labute approximate surface area is 133 Å². The molecule has 2 rings (SSSR count). The molecule has 0 atom stereocenters. The van der Waals surface area contributed by atoms with Crippen molar-refractivity contribution in [2.24, 2.45) is 0 Å². The van der Waals surface area contributed by atoms with Crippen LogP contribution in [0.3, 0.4) is 0 Å². The average Bonchev–Trinajstić information content (AvgIpc) is 2.49. The van der Waals surface area contributed by atoms with Crippen LogP contribution in [0.1, 0.15) is 6.92 Å². The molecule has 0 saturated heterocycles. The zero-order chi connectivity index (χ0) is 14.1. The summed E-state index contributed by atoms with van der Waals surface area (Å²) in [6, 6.07) is 22.2. The summed E-state index contributed by atoms with van der Waals surface area (Å²) in [7, 11) is 1.57. The third kappa shape index (κ3) is 6.44. The molecule has 2 aromatic carbocycles. The summed E-state index contributed by atoms with van der Waals surface area (Å²) in [6.45, 7) is 1.26. The molecule has 20 heavy (non-hydrogen) atoms. The molecule has 0 aliphatic rings. The van der Waals surface area contributed by atoms with Crippen molar-refractivity contribution in [3.05, 3.63) is 66.7 Å². The van der Waals surface area contributed by atoms with Crippen LogP contribution in [0.15, 0.2) is 54.6 Å². The molecule has 2 aromatic rings. The summed E-state index contributed by atoms with van der Waals surface area (Å²) in [4.78, 5) is 23.3. The number of carbonyl (C=O) groups is 2. The van der Waals surface area contributed by atoms with Crippen LogP contribution in [0.4, 0.5) is 5.69 Å². The quantitative estimate of drug-likeness (QED) is 0.535. The minimum atomic E-state index is -0.508. The Balaban J connectivity index is 0.000000434. The van der Waals surface area contributed by atoms with Gasteiger partial charge in [-0.25, -0.2) is 0 Å². The van der Waals surface area contributed by atoms with Gasteiger partial charge in [0.1, 0.15) is 0 Å². The van der Waals surface area contributed by atoms with Gasteiger partial charge in [-0.3, -0.25) is 9.59 Å². The molecule has 4 heteroatoms. The number of hydrogen-bond acceptors (Lipinski definition) is 2. The number of Topliss-reactive ketones (excluding diaryl/α,β-unsaturated/α-hetero) is 1. The fourth-order valence-electron chi connectivity index (χ4n) is 1.30. The van der Waals surface area contributed by atoms with Crippen molar-refractivity contribution in [1.82, 2.24) is 0 Å². The fourth-order valence-corrected chi connectivity index (χ4v) is 1.30. The Hall–Kier alpha value is -1.73. The van der Waals surface area contributed by atoms with Gasteiger partial charge < -0.3 is 4.90 Å². The number of carbonyl (C=O) groups excluding carboxylic acids is 2. The van der Waals surface area contributed by atoms with Gasteiger partial charge in [0.2, 0.25) is 5.78 Å². The molecule has 0 N–H and O–H groups in total. The summed E-state index contributed by atoms with van der Waals surface area (Å²) in [5.41, 5.74) is 0.693. The van der Waals surface area contributed by atoms with Crippen LogP contribution >= 0.6 is 0 Å². The molecule has 0 radical (unpaired) electrons. The molecule has 0 aromatic heterocycles. The number of amides is 1. The maximum atomic E-state index is 11.2. The topological polar surface area (TPSA) is 37.4 Å². The van der Waals surface area contributed by atoms with E-state index in [-0.39, 0.29) is 21.1 Å². The molecule has 3 nitrogen and oxygen atoms in total. The van der Waals surface area contributed by atoms with Gasteiger partial charge in [0.05, 0.1) is 0 Å². The Morgan fingerprint density at radius 2 is 1.45 bits per heavy atom. The Bertz CT molecular complexity index is 488. The molecule has 0 heterocycles. The van der Waals surface area contributed by atoms with Gasteiger partial charge in [-0.05, 0) is 0 Å². The largest absolute Gasteiger partial charge is 2.00 e. The van der Waals surface area contributed by atoms with Gasteiger partial charge in [0.15, 0.2) is 0 Å². The summed E-state index contributed by atoms with van der Waals surface area (Å²) in [5.74, 6) is -0.971. The standard InChI is InChI=1S/C10H10NO2.C6H5.W/c1-8(12)10(13)11(2)9-6-4-3-5-7-9;1-2-4-6-5-3-1;/h4-7H,1-2H3;1-5H;/q2*-1;+2. The number of nitrogens with zero attached hydrogens (tertiary/aromatic N) is 1. The summed E-state index contributed by atoms with van der Waals surface area (Å²) >= 11 is 0. The number of ketones is 1. The van der Waals surface area contributed by atoms with Crippen LogP contribution in [0.5, 0.6) is 0 Å². The van der Waals surface area contributed by atoms with E-state index >= 15 is 0 Å². The van der Waals surface area contributed by atoms with Crippen LogP contribution in [0.2, 0.25) is 0 Å². The van der Waals surface area contributed by atoms with Crippen molar-refractivity contribution in [2.45, 2.75) is 6.92 Å². The Kier molecular flexibility index (Phi) is 9.23. The molecule has 102 valence electrons. The smallest absolute Gasteiger partial charge is 0.332 e. The Morgan fingerprint density at radius 1 is 0.950 bits per heavy atom. The number of anilines is 1. The van der Waals surface area contributed by atoms with Crippen LogP contribution in [-0.4, -0.2) is 18.7 Å². The number of likely N-dealkylation sites (N-methyl/N-ethyl adjacent to an activating group) is 1. The van der Waals surface area contributed by atoms with Gasteiger partial charge in [0.25, 0.3) is 5.91 Å². The maximum Gasteiger partial charge on any atom is 2.00 e. The first-order valence-corrected chi connectivity index (χ1v) is 5.78. The predicted octanol–water partition coefficient (Wildman–Crippen LogP) is 2.52. The minimum absolute atomic E-state index is 0. The van der Waals surface area contributed by atoms with Crippen LogP contribution in [-0.2, 0) is 30.7 Å². The first-order valence-electron chi connectivity index (χ1n) is 5.78. The van der Waals surface area contributed by atoms with Crippen molar-refractivity contribution in [3.8, 4) is 0 Å². The van der Waals surface area contributed by atoms with Crippen molar-refractivity contribution < 1.29 is 30.7 Å². The molecule has 0 fully saturated rings. The molecular formula is C16H15NO2W. The molecule has 0 aliphatic carbocycles. The van der Waals surface area contributed by atoms with Crippen LogP contribution in [0.25, 0.3) is 0 Å². The fraction of sp³-hybridized carbons (Fsp3) is 0.125. The molecule has 0 spiro atoms. The monoisotopic (exact) mass is 437 g/mol. The average molecular weight is 437 g/mol. The first kappa shape index (κ1) is 18.3. The van der Waals surface area contributed by atoms with E-state index in [4.69, 9.17) is 0 Å². The third-order valence-corrected chi connectivity index (χ3v) is 2.30. The normalized spacial score (nSPS) is 8.50. The van der Waals surface area contributed by atoms with Crippen LogP contribution in [0, 0.1) is 12.1 Å². The van der Waals surface area contributed by atoms with E-state index in [0.29, 0.717) is 5.69 Å². The summed E-state index contributed by atoms with van der Waals surface area (Å²) < 4.78 is 0. The molecule has 0 bridgehead atoms. The first-order chi connectivity index (χ1) is 9.13. The second-order valence-electron chi connectivity index (χ2n) is 3.76. The van der Waals surface area contributed by atoms with Gasteiger partial charge >= 0.3 is 21.1 Å². The molecule has 0 unspecified atom stereocenters. The van der Waals surface area contributed by atoms with Gasteiger partial charge in [-0.15, -0.1) is 12.1 Å². The van der Waals surface area contributed by atoms with Crippen molar-refractivity contribution in [3.63, 3.8) is 0 Å². The molecule has 0 saturated carbocycles. The van der Waals surface area contributed by atoms with E-state index in [2.05, 4.69) is 12.1 Å². The number of hydrogen-bond donors (Lipinski definition) is 0. The van der Waals surface area contributed by atoms with Crippen molar-refractivity contribution in [2.75, 3.05) is 11.9 Å². The number of benzene rings is 2. The van der Waals surface area contributed by atoms with E-state index in [9.17, 15) is 9.59 Å². The Morgan fingerprint density at radius 3 is 1.80 bits per heavy atom. The van der Waals surface area contributed by atoms with E-state index in [1.165, 1.54) is 11.8 Å². The van der Waals surface area contributed by atoms with Crippen molar-refractivity contribution in [1.29, 1.82) is 0 Å². The zero-order valence-corrected chi connectivity index (χ0v) is 14.3. The summed E-state index contributed by atoms with van der Waals surface area (Å²) in [5, 5.41) is 0. The molecular weight excluding hydrogens is 422 g/mol. The van der Waals surface area contributed by atoms with Gasteiger partial charge in [-0.2, -0.15) is 54.6 Å². The molecule has 1 amide bonds. The van der Waals surface area contributed by atoms with Gasteiger partial charge in [-0.1, -0.05) is 5.69 Å². The third-order valence-electron chi connectivity index (χ3n) is 2.30. The van der Waals surface area contributed by atoms with Crippen LogP contribution < -0.4 is 4.90 Å². The van der Waals surface area contributed by atoms with E-state index in [0.717, 1.165) is 0 Å². The second-order valence-corrected chi connectivity index (χ2v) is 3.76. The maximum absolute atomic E-state index is 11.2. The predicted molar refractivity (Wildman–Crippen MR) is 74.6 cm³/mol. The van der Waals surface area contributed by atoms with E-state index < -0.39 is 11.7 Å². The number of rotatable bonds is 2. The zero-order valence-electron chi connectivity index (χ0n) is 11.4. The van der Waals surface area contributed by atoms with E-state index in [1.54, 1.807) is 31.3 Å². The molecule has 0 aliphatic heterocycles.